The monoisotopic (exact) mass is 339 g/mol. The molecule has 2 N–H and O–H groups in total. The number of aryl methyl sites for hydroxylation is 2. The van der Waals surface area contributed by atoms with Crippen molar-refractivity contribution in [1.29, 1.82) is 0 Å². The lowest BCUT2D eigenvalue weighted by atomic mass is 10.2. The van der Waals surface area contributed by atoms with E-state index in [0.717, 1.165) is 42.7 Å². The SMILES string of the molecule is CN=C(NCCc1sc(C)nc1C)NCCN(C(C)C)C(C)C. The van der Waals surface area contributed by atoms with Gasteiger partial charge in [0.15, 0.2) is 5.96 Å². The van der Waals surface area contributed by atoms with Gasteiger partial charge in [-0.15, -0.1) is 11.3 Å². The minimum Gasteiger partial charge on any atom is -0.356 e. The summed E-state index contributed by atoms with van der Waals surface area (Å²) in [5.74, 6) is 0.872. The second kappa shape index (κ2) is 9.88. The first-order valence-corrected chi connectivity index (χ1v) is 9.30. The number of aliphatic imine (C=N–C) groups is 1. The number of nitrogens with zero attached hydrogens (tertiary/aromatic N) is 3. The molecular weight excluding hydrogens is 306 g/mol. The van der Waals surface area contributed by atoms with Crippen LogP contribution in [0.3, 0.4) is 0 Å². The highest BCUT2D eigenvalue weighted by Gasteiger charge is 2.12. The van der Waals surface area contributed by atoms with Crippen molar-refractivity contribution in [3.05, 3.63) is 15.6 Å². The lowest BCUT2D eigenvalue weighted by Gasteiger charge is -2.30. The highest BCUT2D eigenvalue weighted by molar-refractivity contribution is 7.11. The number of rotatable bonds is 8. The Bertz CT molecular complexity index is 485. The van der Waals surface area contributed by atoms with Crippen molar-refractivity contribution in [1.82, 2.24) is 20.5 Å². The Morgan fingerprint density at radius 3 is 2.22 bits per heavy atom. The molecule has 0 spiro atoms. The molecular formula is C17H33N5S. The predicted octanol–water partition coefficient (Wildman–Crippen LogP) is 2.59. The molecule has 0 atom stereocenters. The molecule has 5 nitrogen and oxygen atoms in total. The van der Waals surface area contributed by atoms with Crippen LogP contribution < -0.4 is 10.6 Å². The third-order valence-electron chi connectivity index (χ3n) is 3.86. The zero-order chi connectivity index (χ0) is 17.4. The van der Waals surface area contributed by atoms with Gasteiger partial charge in [-0.25, -0.2) is 4.98 Å². The van der Waals surface area contributed by atoms with Crippen LogP contribution in [-0.4, -0.2) is 54.6 Å². The summed E-state index contributed by atoms with van der Waals surface area (Å²) in [4.78, 5) is 12.6. The van der Waals surface area contributed by atoms with E-state index >= 15 is 0 Å². The molecule has 1 aromatic heterocycles. The number of guanidine groups is 1. The van der Waals surface area contributed by atoms with Crippen molar-refractivity contribution in [2.45, 2.75) is 60.0 Å². The normalized spacial score (nSPS) is 12.5. The van der Waals surface area contributed by atoms with Gasteiger partial charge < -0.3 is 10.6 Å². The minimum atomic E-state index is 0.560. The Kier molecular flexibility index (Phi) is 8.55. The van der Waals surface area contributed by atoms with Crippen molar-refractivity contribution in [3.63, 3.8) is 0 Å². The van der Waals surface area contributed by atoms with Crippen molar-refractivity contribution >= 4 is 17.3 Å². The summed E-state index contributed by atoms with van der Waals surface area (Å²) in [6, 6.07) is 1.12. The van der Waals surface area contributed by atoms with Gasteiger partial charge in [0.1, 0.15) is 0 Å². The van der Waals surface area contributed by atoms with E-state index < -0.39 is 0 Å². The fourth-order valence-corrected chi connectivity index (χ4v) is 3.67. The van der Waals surface area contributed by atoms with Gasteiger partial charge in [-0.3, -0.25) is 9.89 Å². The summed E-state index contributed by atoms with van der Waals surface area (Å²) in [7, 11) is 1.82. The smallest absolute Gasteiger partial charge is 0.191 e. The first-order valence-electron chi connectivity index (χ1n) is 8.48. The fourth-order valence-electron chi connectivity index (χ4n) is 2.74. The number of aromatic nitrogens is 1. The molecule has 0 saturated carbocycles. The first kappa shape index (κ1) is 19.9. The quantitative estimate of drug-likeness (QED) is 0.565. The Morgan fingerprint density at radius 2 is 1.74 bits per heavy atom. The maximum absolute atomic E-state index is 4.47. The first-order chi connectivity index (χ1) is 10.8. The molecule has 1 aromatic rings. The van der Waals surface area contributed by atoms with Gasteiger partial charge in [-0.05, 0) is 41.5 Å². The van der Waals surface area contributed by atoms with Crippen molar-refractivity contribution in [2.24, 2.45) is 4.99 Å². The van der Waals surface area contributed by atoms with Crippen LogP contribution in [0.25, 0.3) is 0 Å². The van der Waals surface area contributed by atoms with E-state index in [2.05, 4.69) is 67.1 Å². The number of nitrogens with one attached hydrogen (secondary N) is 2. The zero-order valence-corrected chi connectivity index (χ0v) is 16.5. The highest BCUT2D eigenvalue weighted by atomic mass is 32.1. The summed E-state index contributed by atoms with van der Waals surface area (Å²) >= 11 is 1.78. The molecule has 0 aliphatic heterocycles. The summed E-state index contributed by atoms with van der Waals surface area (Å²) < 4.78 is 0. The largest absolute Gasteiger partial charge is 0.356 e. The Balaban J connectivity index is 2.33. The molecule has 0 saturated heterocycles. The van der Waals surface area contributed by atoms with E-state index in [1.165, 1.54) is 4.88 Å². The number of hydrogen-bond donors (Lipinski definition) is 2. The van der Waals surface area contributed by atoms with Gasteiger partial charge in [0, 0.05) is 50.1 Å². The molecule has 23 heavy (non-hydrogen) atoms. The molecule has 0 aliphatic carbocycles. The average molecular weight is 340 g/mol. The second-order valence-electron chi connectivity index (χ2n) is 6.34. The van der Waals surface area contributed by atoms with E-state index in [4.69, 9.17) is 0 Å². The third kappa shape index (κ3) is 6.87. The standard InChI is InChI=1S/C17H33N5S/c1-12(2)22(13(3)4)11-10-20-17(18-7)19-9-8-16-14(5)21-15(6)23-16/h12-13H,8-11H2,1-7H3,(H2,18,19,20). The average Bonchev–Trinajstić information content (AvgIpc) is 2.78. The molecule has 0 amide bonds. The van der Waals surface area contributed by atoms with Crippen LogP contribution >= 0.6 is 11.3 Å². The molecule has 132 valence electrons. The Hall–Kier alpha value is -1.14. The molecule has 0 unspecified atom stereocenters. The molecule has 0 aromatic carbocycles. The summed E-state index contributed by atoms with van der Waals surface area (Å²) in [5.41, 5.74) is 1.15. The molecule has 1 heterocycles. The van der Waals surface area contributed by atoms with E-state index in [1.807, 2.05) is 7.05 Å². The minimum absolute atomic E-state index is 0.560. The van der Waals surface area contributed by atoms with Gasteiger partial charge in [0.25, 0.3) is 0 Å². The number of hydrogen-bond acceptors (Lipinski definition) is 4. The summed E-state index contributed by atoms with van der Waals surface area (Å²) in [5, 5.41) is 7.93. The van der Waals surface area contributed by atoms with Crippen LogP contribution in [0.5, 0.6) is 0 Å². The van der Waals surface area contributed by atoms with Crippen LogP contribution in [0, 0.1) is 13.8 Å². The molecule has 1 rings (SSSR count). The molecule has 0 radical (unpaired) electrons. The van der Waals surface area contributed by atoms with E-state index in [0.29, 0.717) is 12.1 Å². The van der Waals surface area contributed by atoms with Gasteiger partial charge >= 0.3 is 0 Å². The molecule has 0 aliphatic rings. The summed E-state index contributed by atoms with van der Waals surface area (Å²) in [6.07, 6.45) is 0.988. The van der Waals surface area contributed by atoms with Crippen LogP contribution in [0.15, 0.2) is 4.99 Å². The maximum atomic E-state index is 4.47. The van der Waals surface area contributed by atoms with Gasteiger partial charge in [0.2, 0.25) is 0 Å². The highest BCUT2D eigenvalue weighted by Crippen LogP contribution is 2.16. The van der Waals surface area contributed by atoms with Gasteiger partial charge in [-0.1, -0.05) is 0 Å². The van der Waals surface area contributed by atoms with E-state index in [1.54, 1.807) is 11.3 Å². The topological polar surface area (TPSA) is 52.6 Å². The fraction of sp³-hybridized carbons (Fsp3) is 0.765. The van der Waals surface area contributed by atoms with Crippen LogP contribution in [-0.2, 0) is 6.42 Å². The van der Waals surface area contributed by atoms with Crippen LogP contribution in [0.4, 0.5) is 0 Å². The maximum Gasteiger partial charge on any atom is 0.191 e. The summed E-state index contributed by atoms with van der Waals surface area (Å²) in [6.45, 7) is 15.9. The van der Waals surface area contributed by atoms with Crippen molar-refractivity contribution in [2.75, 3.05) is 26.7 Å². The third-order valence-corrected chi connectivity index (χ3v) is 4.99. The van der Waals surface area contributed by atoms with Crippen molar-refractivity contribution < 1.29 is 0 Å². The van der Waals surface area contributed by atoms with Crippen molar-refractivity contribution in [3.8, 4) is 0 Å². The van der Waals surface area contributed by atoms with Crippen LogP contribution in [0.2, 0.25) is 0 Å². The van der Waals surface area contributed by atoms with E-state index in [9.17, 15) is 0 Å². The second-order valence-corrected chi connectivity index (χ2v) is 7.63. The van der Waals surface area contributed by atoms with Gasteiger partial charge in [-0.2, -0.15) is 0 Å². The molecule has 0 bridgehead atoms. The lowest BCUT2D eigenvalue weighted by molar-refractivity contribution is 0.178. The molecule has 0 fully saturated rings. The zero-order valence-electron chi connectivity index (χ0n) is 15.7. The van der Waals surface area contributed by atoms with E-state index in [-0.39, 0.29) is 0 Å². The van der Waals surface area contributed by atoms with Gasteiger partial charge in [0.05, 0.1) is 10.7 Å². The molecule has 6 heteroatoms. The Labute approximate surface area is 145 Å². The lowest BCUT2D eigenvalue weighted by Crippen LogP contribution is -2.45. The predicted molar refractivity (Wildman–Crippen MR) is 102 cm³/mol. The van der Waals surface area contributed by atoms with Crippen LogP contribution in [0.1, 0.15) is 43.3 Å². The number of thiazole rings is 1. The Morgan fingerprint density at radius 1 is 1.13 bits per heavy atom.